The Bertz CT molecular complexity index is 501. The number of hydrogen-bond donors (Lipinski definition) is 0. The number of amides is 1. The van der Waals surface area contributed by atoms with Crippen molar-refractivity contribution in [3.05, 3.63) is 0 Å². The van der Waals surface area contributed by atoms with Gasteiger partial charge < -0.3 is 9.64 Å². The number of carbonyl (C=O) groups excluding carboxylic acids is 1. The molecule has 3 heterocycles. The molecule has 7 nitrogen and oxygen atoms in total. The number of rotatable bonds is 3. The van der Waals surface area contributed by atoms with Crippen LogP contribution in [0.2, 0.25) is 0 Å². The number of carbonyl (C=O) groups is 1. The quantitative estimate of drug-likeness (QED) is 0.694. The first-order valence-electron chi connectivity index (χ1n) is 7.82. The second kappa shape index (κ2) is 7.04. The van der Waals surface area contributed by atoms with Gasteiger partial charge in [-0.1, -0.05) is 0 Å². The number of hydrogen-bond acceptors (Lipinski definition) is 5. The van der Waals surface area contributed by atoms with E-state index < -0.39 is 16.3 Å². The Balaban J connectivity index is 1.72. The molecular formula is C13H23N3O4S2. The van der Waals surface area contributed by atoms with Crippen molar-refractivity contribution >= 4 is 27.9 Å². The van der Waals surface area contributed by atoms with Crippen LogP contribution in [-0.4, -0.2) is 91.3 Å². The van der Waals surface area contributed by atoms with Gasteiger partial charge in [-0.3, -0.25) is 4.79 Å². The highest BCUT2D eigenvalue weighted by molar-refractivity contribution is 7.99. The average molecular weight is 349 g/mol. The van der Waals surface area contributed by atoms with Gasteiger partial charge in [0.25, 0.3) is 10.2 Å². The first kappa shape index (κ1) is 16.5. The van der Waals surface area contributed by atoms with Crippen LogP contribution in [0.3, 0.4) is 0 Å². The summed E-state index contributed by atoms with van der Waals surface area (Å²) in [7, 11) is -3.56. The van der Waals surface area contributed by atoms with Crippen molar-refractivity contribution in [2.24, 2.45) is 0 Å². The molecule has 0 saturated carbocycles. The van der Waals surface area contributed by atoms with E-state index in [1.165, 1.54) is 8.61 Å². The summed E-state index contributed by atoms with van der Waals surface area (Å²) in [5.41, 5.74) is 0. The van der Waals surface area contributed by atoms with Gasteiger partial charge in [0.05, 0.1) is 13.2 Å². The lowest BCUT2D eigenvalue weighted by atomic mass is 10.2. The number of thioether (sulfide) groups is 1. The zero-order chi connectivity index (χ0) is 15.6. The molecule has 1 atom stereocenters. The van der Waals surface area contributed by atoms with Crippen molar-refractivity contribution in [3.8, 4) is 0 Å². The molecule has 126 valence electrons. The Morgan fingerprint density at radius 3 is 2.41 bits per heavy atom. The molecule has 0 N–H and O–H groups in total. The molecular weight excluding hydrogens is 326 g/mol. The molecule has 0 aromatic heterocycles. The first-order valence-corrected chi connectivity index (χ1v) is 10.4. The van der Waals surface area contributed by atoms with Gasteiger partial charge in [0, 0.05) is 44.2 Å². The summed E-state index contributed by atoms with van der Waals surface area (Å²) in [5, 5.41) is 0. The van der Waals surface area contributed by atoms with Crippen molar-refractivity contribution in [2.45, 2.75) is 18.9 Å². The number of morpholine rings is 1. The van der Waals surface area contributed by atoms with Gasteiger partial charge in [-0.05, 0) is 12.8 Å². The minimum Gasteiger partial charge on any atom is -0.379 e. The molecule has 3 saturated heterocycles. The van der Waals surface area contributed by atoms with Gasteiger partial charge in [-0.25, -0.2) is 0 Å². The van der Waals surface area contributed by atoms with Crippen LogP contribution >= 0.6 is 11.8 Å². The van der Waals surface area contributed by atoms with E-state index in [-0.39, 0.29) is 5.91 Å². The lowest BCUT2D eigenvalue weighted by molar-refractivity contribution is -0.134. The summed E-state index contributed by atoms with van der Waals surface area (Å²) < 4.78 is 33.7. The first-order chi connectivity index (χ1) is 10.6. The predicted octanol–water partition coefficient (Wildman–Crippen LogP) is -0.397. The monoisotopic (exact) mass is 349 g/mol. The summed E-state index contributed by atoms with van der Waals surface area (Å²) >= 11 is 1.84. The van der Waals surface area contributed by atoms with Gasteiger partial charge in [0.1, 0.15) is 6.04 Å². The maximum atomic E-state index is 12.8. The third-order valence-corrected chi connectivity index (χ3v) is 7.39. The zero-order valence-electron chi connectivity index (χ0n) is 12.6. The Kier molecular flexibility index (Phi) is 5.28. The second-order valence-corrected chi connectivity index (χ2v) is 8.83. The van der Waals surface area contributed by atoms with Crippen LogP contribution < -0.4 is 0 Å². The van der Waals surface area contributed by atoms with E-state index in [2.05, 4.69) is 0 Å². The fourth-order valence-corrected chi connectivity index (χ4v) is 5.87. The molecule has 0 bridgehead atoms. The van der Waals surface area contributed by atoms with E-state index in [9.17, 15) is 13.2 Å². The fraction of sp³-hybridized carbons (Fsp3) is 0.923. The van der Waals surface area contributed by atoms with Crippen LogP contribution in [0.25, 0.3) is 0 Å². The van der Waals surface area contributed by atoms with Crippen LogP contribution in [0.1, 0.15) is 12.8 Å². The Morgan fingerprint density at radius 2 is 1.73 bits per heavy atom. The Morgan fingerprint density at radius 1 is 1.05 bits per heavy atom. The lowest BCUT2D eigenvalue weighted by Crippen LogP contribution is -2.54. The van der Waals surface area contributed by atoms with E-state index in [0.29, 0.717) is 39.3 Å². The molecule has 0 aromatic carbocycles. The smallest absolute Gasteiger partial charge is 0.282 e. The average Bonchev–Trinajstić information content (AvgIpc) is 3.06. The SMILES string of the molecule is O=C([C@@H]1CCCN1S(=O)(=O)N1CCOCC1)N1CCSCC1. The van der Waals surface area contributed by atoms with Gasteiger partial charge >= 0.3 is 0 Å². The minimum atomic E-state index is -3.56. The normalized spacial score (nSPS) is 28.9. The topological polar surface area (TPSA) is 70.2 Å². The molecule has 3 aliphatic rings. The highest BCUT2D eigenvalue weighted by atomic mass is 32.2. The molecule has 0 aliphatic carbocycles. The standard InChI is InChI=1S/C13H23N3O4S2/c17-13(14-6-10-21-11-7-14)12-2-1-3-16(12)22(18,19)15-4-8-20-9-5-15/h12H,1-11H2/t12-/m0/s1. The third-order valence-electron chi connectivity index (χ3n) is 4.40. The maximum Gasteiger partial charge on any atom is 0.282 e. The molecule has 0 aromatic rings. The van der Waals surface area contributed by atoms with E-state index in [0.717, 1.165) is 31.0 Å². The fourth-order valence-electron chi connectivity index (χ4n) is 3.18. The molecule has 9 heteroatoms. The van der Waals surface area contributed by atoms with Gasteiger partial charge in [-0.15, -0.1) is 0 Å². The Labute approximate surface area is 136 Å². The van der Waals surface area contributed by atoms with E-state index in [1.807, 2.05) is 16.7 Å². The predicted molar refractivity (Wildman–Crippen MR) is 84.9 cm³/mol. The molecule has 0 unspecified atom stereocenters. The summed E-state index contributed by atoms with van der Waals surface area (Å²) in [6.45, 7) is 3.50. The van der Waals surface area contributed by atoms with Gasteiger partial charge in [0.15, 0.2) is 0 Å². The minimum absolute atomic E-state index is 0.0189. The van der Waals surface area contributed by atoms with Gasteiger partial charge in [0.2, 0.25) is 5.91 Å². The summed E-state index contributed by atoms with van der Waals surface area (Å²) in [6.07, 6.45) is 1.38. The van der Waals surface area contributed by atoms with Crippen molar-refractivity contribution in [1.29, 1.82) is 0 Å². The summed E-state index contributed by atoms with van der Waals surface area (Å²) in [5.74, 6) is 1.86. The van der Waals surface area contributed by atoms with E-state index >= 15 is 0 Å². The van der Waals surface area contributed by atoms with E-state index in [4.69, 9.17) is 4.74 Å². The highest BCUT2D eigenvalue weighted by Crippen LogP contribution is 2.26. The van der Waals surface area contributed by atoms with Gasteiger partial charge in [-0.2, -0.15) is 28.8 Å². The maximum absolute atomic E-state index is 12.8. The van der Waals surface area contributed by atoms with Crippen molar-refractivity contribution < 1.29 is 17.9 Å². The molecule has 0 radical (unpaired) electrons. The highest BCUT2D eigenvalue weighted by Gasteiger charge is 2.43. The zero-order valence-corrected chi connectivity index (χ0v) is 14.3. The van der Waals surface area contributed by atoms with Crippen molar-refractivity contribution in [2.75, 3.05) is 57.4 Å². The summed E-state index contributed by atoms with van der Waals surface area (Å²) in [4.78, 5) is 14.5. The van der Waals surface area contributed by atoms with Crippen LogP contribution in [0.4, 0.5) is 0 Å². The molecule has 3 rings (SSSR count). The molecule has 22 heavy (non-hydrogen) atoms. The third kappa shape index (κ3) is 3.28. The number of ether oxygens (including phenoxy) is 1. The van der Waals surface area contributed by atoms with Crippen molar-refractivity contribution in [1.82, 2.24) is 13.5 Å². The summed E-state index contributed by atoms with van der Waals surface area (Å²) in [6, 6.07) is -0.518. The van der Waals surface area contributed by atoms with Crippen LogP contribution in [0.5, 0.6) is 0 Å². The van der Waals surface area contributed by atoms with Crippen LogP contribution in [0, 0.1) is 0 Å². The second-order valence-electron chi connectivity index (χ2n) is 5.73. The van der Waals surface area contributed by atoms with Crippen LogP contribution in [-0.2, 0) is 19.7 Å². The molecule has 0 spiro atoms. The molecule has 3 fully saturated rings. The number of nitrogens with zero attached hydrogens (tertiary/aromatic N) is 3. The Hall–Kier alpha value is -0.350. The van der Waals surface area contributed by atoms with Crippen LogP contribution in [0.15, 0.2) is 0 Å². The lowest BCUT2D eigenvalue weighted by Gasteiger charge is -2.35. The molecule has 1 amide bonds. The van der Waals surface area contributed by atoms with E-state index in [1.54, 1.807) is 0 Å². The largest absolute Gasteiger partial charge is 0.379 e. The van der Waals surface area contributed by atoms with Crippen molar-refractivity contribution in [3.63, 3.8) is 0 Å². The molecule has 3 aliphatic heterocycles.